The van der Waals surface area contributed by atoms with Crippen molar-refractivity contribution in [2.75, 3.05) is 0 Å². The van der Waals surface area contributed by atoms with Gasteiger partial charge in [0.2, 0.25) is 0 Å². The molecular formula is C14H15NO2. The summed E-state index contributed by atoms with van der Waals surface area (Å²) in [6.45, 7) is 4.44. The highest BCUT2D eigenvalue weighted by atomic mass is 16.3. The molecule has 1 N–H and O–H groups in total. The van der Waals surface area contributed by atoms with Crippen LogP contribution in [0.1, 0.15) is 27.2 Å². The summed E-state index contributed by atoms with van der Waals surface area (Å²) < 4.78 is 5.13. The fourth-order valence-corrected chi connectivity index (χ4v) is 1.62. The number of nitrogens with one attached hydrogen (secondary N) is 1. The average molecular weight is 229 g/mol. The van der Waals surface area contributed by atoms with Gasteiger partial charge in [-0.05, 0) is 36.6 Å². The number of hydrogen-bond acceptors (Lipinski definition) is 2. The molecule has 2 aromatic rings. The van der Waals surface area contributed by atoms with E-state index in [1.165, 1.54) is 5.56 Å². The first-order chi connectivity index (χ1) is 8.16. The van der Waals surface area contributed by atoms with Crippen molar-refractivity contribution in [2.24, 2.45) is 0 Å². The number of hydrogen-bond donors (Lipinski definition) is 1. The predicted octanol–water partition coefficient (Wildman–Crippen LogP) is 2.83. The molecule has 0 saturated heterocycles. The average Bonchev–Trinajstić information content (AvgIpc) is 2.74. The van der Waals surface area contributed by atoms with Crippen LogP contribution in [0.3, 0.4) is 0 Å². The van der Waals surface area contributed by atoms with Gasteiger partial charge in [-0.2, -0.15) is 0 Å². The zero-order valence-electron chi connectivity index (χ0n) is 9.99. The number of carbonyl (C=O) groups is 1. The lowest BCUT2D eigenvalue weighted by Gasteiger charge is -2.06. The van der Waals surface area contributed by atoms with Crippen molar-refractivity contribution >= 4 is 5.91 Å². The van der Waals surface area contributed by atoms with Gasteiger partial charge in [0.05, 0.1) is 6.26 Å². The Bertz CT molecular complexity index is 529. The third-order valence-electron chi connectivity index (χ3n) is 2.65. The topological polar surface area (TPSA) is 42.2 Å². The van der Waals surface area contributed by atoms with Gasteiger partial charge >= 0.3 is 0 Å². The molecule has 0 unspecified atom stereocenters. The fourth-order valence-electron chi connectivity index (χ4n) is 1.62. The normalized spacial score (nSPS) is 10.2. The van der Waals surface area contributed by atoms with Gasteiger partial charge in [0.1, 0.15) is 0 Å². The van der Waals surface area contributed by atoms with Crippen LogP contribution in [-0.2, 0) is 6.54 Å². The minimum atomic E-state index is -0.179. The van der Waals surface area contributed by atoms with Crippen molar-refractivity contribution in [1.29, 1.82) is 0 Å². The van der Waals surface area contributed by atoms with Crippen molar-refractivity contribution in [3.05, 3.63) is 59.0 Å². The van der Waals surface area contributed by atoms with E-state index in [1.54, 1.807) is 12.3 Å². The van der Waals surface area contributed by atoms with Crippen molar-refractivity contribution in [3.8, 4) is 0 Å². The number of amides is 1. The highest BCUT2D eigenvalue weighted by molar-refractivity contribution is 5.91. The Morgan fingerprint density at radius 3 is 2.71 bits per heavy atom. The number of rotatable bonds is 3. The van der Waals surface area contributed by atoms with Crippen LogP contribution in [0.25, 0.3) is 0 Å². The molecular weight excluding hydrogens is 214 g/mol. The largest absolute Gasteiger partial charge is 0.459 e. The molecule has 0 bridgehead atoms. The maximum Gasteiger partial charge on any atom is 0.287 e. The standard InChI is InChI=1S/C14H15NO2/c1-10-7-13(17-9-10)14(16)15-8-12-6-4-3-5-11(12)2/h3-7,9H,8H2,1-2H3,(H,15,16). The van der Waals surface area contributed by atoms with Crippen molar-refractivity contribution in [2.45, 2.75) is 20.4 Å². The maximum atomic E-state index is 11.7. The van der Waals surface area contributed by atoms with Crippen molar-refractivity contribution < 1.29 is 9.21 Å². The van der Waals surface area contributed by atoms with E-state index in [0.717, 1.165) is 11.1 Å². The number of furan rings is 1. The second-order valence-electron chi connectivity index (χ2n) is 4.10. The lowest BCUT2D eigenvalue weighted by atomic mass is 10.1. The lowest BCUT2D eigenvalue weighted by molar-refractivity contribution is 0.0923. The molecule has 17 heavy (non-hydrogen) atoms. The van der Waals surface area contributed by atoms with Crippen LogP contribution in [0.15, 0.2) is 41.0 Å². The van der Waals surface area contributed by atoms with E-state index in [1.807, 2.05) is 38.1 Å². The first kappa shape index (κ1) is 11.5. The van der Waals surface area contributed by atoms with Gasteiger partial charge in [0.15, 0.2) is 5.76 Å². The number of benzene rings is 1. The highest BCUT2D eigenvalue weighted by Crippen LogP contribution is 2.08. The van der Waals surface area contributed by atoms with Crippen LogP contribution in [0, 0.1) is 13.8 Å². The summed E-state index contributed by atoms with van der Waals surface area (Å²) in [5.41, 5.74) is 3.23. The maximum absolute atomic E-state index is 11.7. The van der Waals surface area contributed by atoms with Gasteiger partial charge < -0.3 is 9.73 Å². The Morgan fingerprint density at radius 1 is 1.29 bits per heavy atom. The van der Waals surface area contributed by atoms with E-state index in [0.29, 0.717) is 12.3 Å². The molecule has 0 atom stereocenters. The second kappa shape index (κ2) is 4.87. The molecule has 2 rings (SSSR count). The summed E-state index contributed by atoms with van der Waals surface area (Å²) in [4.78, 5) is 11.7. The Balaban J connectivity index is 1.99. The van der Waals surface area contributed by atoms with Gasteiger partial charge in [-0.15, -0.1) is 0 Å². The van der Waals surface area contributed by atoms with Crippen LogP contribution in [0.5, 0.6) is 0 Å². The first-order valence-electron chi connectivity index (χ1n) is 5.54. The molecule has 0 radical (unpaired) electrons. The predicted molar refractivity (Wildman–Crippen MR) is 65.8 cm³/mol. The monoisotopic (exact) mass is 229 g/mol. The quantitative estimate of drug-likeness (QED) is 0.879. The van der Waals surface area contributed by atoms with Gasteiger partial charge in [-0.3, -0.25) is 4.79 Å². The van der Waals surface area contributed by atoms with Crippen LogP contribution in [0.2, 0.25) is 0 Å². The molecule has 0 aliphatic carbocycles. The zero-order valence-corrected chi connectivity index (χ0v) is 9.99. The number of carbonyl (C=O) groups excluding carboxylic acids is 1. The molecule has 3 nitrogen and oxygen atoms in total. The van der Waals surface area contributed by atoms with Crippen LogP contribution in [0.4, 0.5) is 0 Å². The molecule has 0 aliphatic heterocycles. The molecule has 0 saturated carbocycles. The molecule has 1 aromatic heterocycles. The molecule has 0 fully saturated rings. The van der Waals surface area contributed by atoms with Gasteiger partial charge in [-0.1, -0.05) is 24.3 Å². The minimum absolute atomic E-state index is 0.179. The molecule has 1 amide bonds. The van der Waals surface area contributed by atoms with E-state index in [9.17, 15) is 4.79 Å². The molecule has 0 aliphatic rings. The van der Waals surface area contributed by atoms with Gasteiger partial charge in [0, 0.05) is 6.54 Å². The Morgan fingerprint density at radius 2 is 2.06 bits per heavy atom. The summed E-state index contributed by atoms with van der Waals surface area (Å²) in [5.74, 6) is 0.178. The van der Waals surface area contributed by atoms with Crippen LogP contribution >= 0.6 is 0 Å². The third kappa shape index (κ3) is 2.75. The molecule has 1 aromatic carbocycles. The molecule has 1 heterocycles. The van der Waals surface area contributed by atoms with Gasteiger partial charge in [-0.25, -0.2) is 0 Å². The second-order valence-corrected chi connectivity index (χ2v) is 4.10. The molecule has 0 spiro atoms. The summed E-state index contributed by atoms with van der Waals surface area (Å²) in [6, 6.07) is 9.71. The van der Waals surface area contributed by atoms with E-state index in [2.05, 4.69) is 5.32 Å². The zero-order chi connectivity index (χ0) is 12.3. The van der Waals surface area contributed by atoms with Crippen molar-refractivity contribution in [3.63, 3.8) is 0 Å². The SMILES string of the molecule is Cc1coc(C(=O)NCc2ccccc2C)c1. The van der Waals surface area contributed by atoms with E-state index in [4.69, 9.17) is 4.42 Å². The summed E-state index contributed by atoms with van der Waals surface area (Å²) in [6.07, 6.45) is 1.57. The summed E-state index contributed by atoms with van der Waals surface area (Å²) >= 11 is 0. The Labute approximate surface area is 100 Å². The van der Waals surface area contributed by atoms with E-state index < -0.39 is 0 Å². The molecule has 88 valence electrons. The summed E-state index contributed by atoms with van der Waals surface area (Å²) in [7, 11) is 0. The first-order valence-corrected chi connectivity index (χ1v) is 5.54. The van der Waals surface area contributed by atoms with E-state index >= 15 is 0 Å². The minimum Gasteiger partial charge on any atom is -0.459 e. The Kier molecular flexibility index (Phi) is 3.28. The van der Waals surface area contributed by atoms with Gasteiger partial charge in [0.25, 0.3) is 5.91 Å². The lowest BCUT2D eigenvalue weighted by Crippen LogP contribution is -2.22. The fraction of sp³-hybridized carbons (Fsp3) is 0.214. The Hall–Kier alpha value is -2.03. The third-order valence-corrected chi connectivity index (χ3v) is 2.65. The molecule has 3 heteroatoms. The smallest absolute Gasteiger partial charge is 0.287 e. The van der Waals surface area contributed by atoms with Crippen molar-refractivity contribution in [1.82, 2.24) is 5.32 Å². The van der Waals surface area contributed by atoms with E-state index in [-0.39, 0.29) is 5.91 Å². The van der Waals surface area contributed by atoms with Crippen LogP contribution in [-0.4, -0.2) is 5.91 Å². The number of aryl methyl sites for hydroxylation is 2. The summed E-state index contributed by atoms with van der Waals surface area (Å²) in [5, 5.41) is 2.84. The van der Waals surface area contributed by atoms with Crippen LogP contribution < -0.4 is 5.32 Å². The highest BCUT2D eigenvalue weighted by Gasteiger charge is 2.09.